The number of carboxylic acid groups (broad SMARTS) is 1. The third-order valence-electron chi connectivity index (χ3n) is 15.8. The highest BCUT2D eigenvalue weighted by Gasteiger charge is 2.54. The molecule has 9 rings (SSSR count). The van der Waals surface area contributed by atoms with Gasteiger partial charge in [0, 0.05) is 44.1 Å². The molecule has 3 aliphatic heterocycles. The molecule has 0 spiro atoms. The van der Waals surface area contributed by atoms with Crippen LogP contribution in [0.15, 0.2) is 120 Å². The van der Waals surface area contributed by atoms with Crippen molar-refractivity contribution >= 4 is 27.8 Å². The minimum atomic E-state index is -3.76. The molecule has 4 aromatic rings. The summed E-state index contributed by atoms with van der Waals surface area (Å²) in [6.07, 6.45) is 5.28. The monoisotopic (exact) mass is 1270 g/mol. The Labute approximate surface area is 514 Å². The molecule has 6 atom stereocenters. The van der Waals surface area contributed by atoms with Gasteiger partial charge in [-0.1, -0.05) is 48.5 Å². The summed E-state index contributed by atoms with van der Waals surface area (Å²) in [5.74, 6) is -1.04. The van der Waals surface area contributed by atoms with Gasteiger partial charge in [0.15, 0.2) is 11.5 Å². The van der Waals surface area contributed by atoms with Gasteiger partial charge in [0.25, 0.3) is 5.91 Å². The van der Waals surface area contributed by atoms with Gasteiger partial charge in [0.05, 0.1) is 102 Å². The number of sulfonamides is 1. The highest BCUT2D eigenvalue weighted by Crippen LogP contribution is 2.52. The summed E-state index contributed by atoms with van der Waals surface area (Å²) in [7, 11) is -3.76. The molecule has 3 heterocycles. The maximum absolute atomic E-state index is 14.4. The lowest BCUT2D eigenvalue weighted by atomic mass is 9.81. The van der Waals surface area contributed by atoms with Crippen molar-refractivity contribution in [2.45, 2.75) is 92.4 Å². The molecular weight excluding hydrogens is 1190 g/mol. The number of aliphatic hydroxyl groups is 1. The summed E-state index contributed by atoms with van der Waals surface area (Å²) >= 11 is 0. The van der Waals surface area contributed by atoms with Gasteiger partial charge < -0.3 is 73.0 Å². The van der Waals surface area contributed by atoms with Gasteiger partial charge in [-0.15, -0.1) is 0 Å². The van der Waals surface area contributed by atoms with E-state index in [1.807, 2.05) is 36.4 Å². The smallest absolute Gasteiger partial charge is 0.404 e. The molecule has 0 bridgehead atoms. The van der Waals surface area contributed by atoms with Gasteiger partial charge in [-0.2, -0.15) is 17.5 Å². The second-order valence-electron chi connectivity index (χ2n) is 22.0. The lowest BCUT2D eigenvalue weighted by molar-refractivity contribution is -0.173. The lowest BCUT2D eigenvalue weighted by Gasteiger charge is -2.42. The highest BCUT2D eigenvalue weighted by atomic mass is 32.2. The first-order chi connectivity index (χ1) is 43.0. The Bertz CT molecular complexity index is 3130. The molecule has 1 saturated carbocycles. The van der Waals surface area contributed by atoms with Crippen LogP contribution in [0.2, 0.25) is 0 Å². The number of ether oxygens (including phenoxy) is 11. The number of nitrogens with zero attached hydrogens (tertiary/aromatic N) is 1. The summed E-state index contributed by atoms with van der Waals surface area (Å²) in [6.45, 7) is 3.67. The number of halogens is 3. The molecule has 89 heavy (non-hydrogen) atoms. The molecule has 22 nitrogen and oxygen atoms in total. The van der Waals surface area contributed by atoms with Crippen molar-refractivity contribution in [1.82, 2.24) is 20.3 Å². The quantitative estimate of drug-likeness (QED) is 0.0237. The van der Waals surface area contributed by atoms with Gasteiger partial charge >= 0.3 is 18.6 Å². The van der Waals surface area contributed by atoms with Crippen LogP contribution < -0.4 is 30.2 Å². The van der Waals surface area contributed by atoms with E-state index < -0.39 is 71.0 Å². The number of nitrogens with one attached hydrogen (secondary N) is 3. The third kappa shape index (κ3) is 18.9. The second-order valence-corrected chi connectivity index (χ2v) is 23.9. The fourth-order valence-corrected chi connectivity index (χ4v) is 12.4. The van der Waals surface area contributed by atoms with Crippen LogP contribution >= 0.6 is 0 Å². The number of rotatable bonds is 36. The van der Waals surface area contributed by atoms with Gasteiger partial charge in [0.1, 0.15) is 30.9 Å². The van der Waals surface area contributed by atoms with Crippen molar-refractivity contribution in [3.63, 3.8) is 0 Å². The van der Waals surface area contributed by atoms with Crippen LogP contribution in [0, 0.1) is 5.92 Å². The minimum absolute atomic E-state index is 0.0366. The van der Waals surface area contributed by atoms with Crippen molar-refractivity contribution in [2.24, 2.45) is 5.92 Å². The van der Waals surface area contributed by atoms with Gasteiger partial charge in [-0.3, -0.25) is 19.7 Å². The average molecular weight is 1270 g/mol. The molecule has 5 N–H and O–H groups in total. The number of carbonyl (C=O) groups is 3. The molecule has 3 fully saturated rings. The van der Waals surface area contributed by atoms with E-state index >= 15 is 0 Å². The zero-order valence-corrected chi connectivity index (χ0v) is 50.2. The number of aliphatic hydroxyl groups excluding tert-OH is 1. The van der Waals surface area contributed by atoms with Crippen molar-refractivity contribution in [3.8, 4) is 17.2 Å². The summed E-state index contributed by atoms with van der Waals surface area (Å²) < 4.78 is 130. The van der Waals surface area contributed by atoms with Crippen LogP contribution in [0.1, 0.15) is 89.9 Å². The van der Waals surface area contributed by atoms with Crippen molar-refractivity contribution in [2.75, 3.05) is 112 Å². The first kappa shape index (κ1) is 66.7. The number of hydrogen-bond donors (Lipinski definition) is 5. The topological polar surface area (TPSA) is 267 Å². The Morgan fingerprint density at radius 1 is 0.742 bits per heavy atom. The molecule has 5 aliphatic rings. The normalized spacial score (nSPS) is 21.6. The van der Waals surface area contributed by atoms with Crippen LogP contribution in [-0.2, 0) is 62.9 Å². The number of allylic oxidation sites excluding steroid dienone is 1. The number of carbonyl (C=O) groups excluding carboxylic acids is 2. The van der Waals surface area contributed by atoms with E-state index in [0.717, 1.165) is 18.1 Å². The van der Waals surface area contributed by atoms with Crippen molar-refractivity contribution in [3.05, 3.63) is 143 Å². The van der Waals surface area contributed by atoms with Crippen LogP contribution in [0.3, 0.4) is 0 Å². The van der Waals surface area contributed by atoms with Crippen molar-refractivity contribution in [1.29, 1.82) is 0 Å². The first-order valence-corrected chi connectivity index (χ1v) is 31.2. The number of alkyl halides is 3. The van der Waals surface area contributed by atoms with E-state index in [9.17, 15) is 41.1 Å². The maximum Gasteiger partial charge on any atom is 0.404 e. The number of hydrogen-bond acceptors (Lipinski definition) is 18. The summed E-state index contributed by atoms with van der Waals surface area (Å²) in [4.78, 5) is 37.0. The van der Waals surface area contributed by atoms with E-state index in [1.165, 1.54) is 40.7 Å². The third-order valence-corrected chi connectivity index (χ3v) is 17.7. The molecular formula is C63H77F3N4O18S. The number of benzene rings is 4. The summed E-state index contributed by atoms with van der Waals surface area (Å²) in [5.41, 5.74) is 2.46. The Balaban J connectivity index is 0.556. The molecule has 484 valence electrons. The zero-order valence-electron chi connectivity index (χ0n) is 49.4. The van der Waals surface area contributed by atoms with Crippen LogP contribution in [-0.4, -0.2) is 178 Å². The van der Waals surface area contributed by atoms with E-state index in [4.69, 9.17) is 57.2 Å². The summed E-state index contributed by atoms with van der Waals surface area (Å²) in [5, 5.41) is 28.2. The lowest BCUT2D eigenvalue weighted by Crippen LogP contribution is -2.52. The Kier molecular flexibility index (Phi) is 23.9. The number of carboxylic acids is 1. The molecule has 0 aromatic heterocycles. The molecule has 4 aromatic carbocycles. The number of piperidine rings is 1. The predicted molar refractivity (Wildman–Crippen MR) is 313 cm³/mol. The highest BCUT2D eigenvalue weighted by molar-refractivity contribution is 7.89. The van der Waals surface area contributed by atoms with Crippen molar-refractivity contribution < 1.29 is 98.3 Å². The maximum atomic E-state index is 14.4. The molecule has 2 amide bonds. The molecule has 4 unspecified atom stereocenters. The zero-order chi connectivity index (χ0) is 62.8. The fourth-order valence-electron chi connectivity index (χ4n) is 10.9. The molecule has 26 heteroatoms. The van der Waals surface area contributed by atoms with E-state index in [0.29, 0.717) is 155 Å². The molecule has 2 aliphatic carbocycles. The Morgan fingerprint density at radius 2 is 1.33 bits per heavy atom. The number of fused-ring (bicyclic) bond motifs is 2. The predicted octanol–water partition coefficient (Wildman–Crippen LogP) is 6.60. The first-order valence-electron chi connectivity index (χ1n) is 29.8. The minimum Gasteiger partial charge on any atom is -0.491 e. The Morgan fingerprint density at radius 3 is 1.92 bits per heavy atom. The number of amides is 2. The SMILES string of the molecule is CC1(F)Oc2ccc(C3(C(=O)N[C@@H]4C[C@H](c5ccc(C(O)NCCOCCOCCOCCOCCOCCOCCOc6ccc(C7CCN(S(=O)(=O)c8ccc(C(=O)NCC(=O)O)cc8)CC7)cc6)cc5)OC5C=C(OC(F)F)C=CC54)CC3)cc2O1. The fraction of sp³-hybridized carbons (Fsp3) is 0.508. The molecule has 0 radical (unpaired) electrons. The van der Waals surface area contributed by atoms with Crippen LogP contribution in [0.25, 0.3) is 0 Å². The van der Waals surface area contributed by atoms with Crippen LogP contribution in [0.4, 0.5) is 13.2 Å². The van der Waals surface area contributed by atoms with Crippen LogP contribution in [0.5, 0.6) is 17.2 Å². The van der Waals surface area contributed by atoms with E-state index in [2.05, 4.69) is 16.0 Å². The standard InChI is InChI=1S/C63H77F3N4O18S/c1-62(66)87-53-17-10-47(38-56(53)88-62)63(20-21-63)60(75)69-52-40-54(86-55-39-49(85-61(64)65)13-16-51(52)55)44-2-4-45(5-3-44)58(73)67-22-25-78-26-27-79-28-29-80-30-31-81-32-33-82-34-35-83-36-37-84-48-11-6-42(7-12-48)43-18-23-70(24-19-43)89(76,77)50-14-8-46(9-15-50)59(74)68-41-57(71)72/h2-17,38-39,43,51-52,54-55,58,61,67,73H,18-37,40-41H2,1H3,(H,68,74)(H,69,75)(H,71,72)/t51?,52-,54-,55?,58?,62?/m1/s1. The van der Waals surface area contributed by atoms with E-state index in [1.54, 1.807) is 36.4 Å². The van der Waals surface area contributed by atoms with Gasteiger partial charge in [0.2, 0.25) is 15.9 Å². The second kappa shape index (κ2) is 31.9. The number of aliphatic carboxylic acids is 1. The van der Waals surface area contributed by atoms with Gasteiger partial charge in [-0.25, -0.2) is 8.42 Å². The van der Waals surface area contributed by atoms with E-state index in [-0.39, 0.29) is 45.5 Å². The molecule has 2 saturated heterocycles. The average Bonchev–Trinajstić information content (AvgIpc) is 1.74. The van der Waals surface area contributed by atoms with Gasteiger partial charge in [-0.05, 0) is 121 Å². The largest absolute Gasteiger partial charge is 0.491 e. The Hall–Kier alpha value is -6.69. The summed E-state index contributed by atoms with van der Waals surface area (Å²) in [6, 6.07) is 22.7.